The molecule has 1 N–H and O–H groups in total. The van der Waals surface area contributed by atoms with Crippen molar-refractivity contribution < 1.29 is 14.7 Å². The van der Waals surface area contributed by atoms with E-state index in [0.717, 1.165) is 32.4 Å². The molecular weight excluding hydrogens is 254 g/mol. The fourth-order valence-electron chi connectivity index (χ4n) is 2.74. The van der Waals surface area contributed by atoms with Crippen LogP contribution < -0.4 is 0 Å². The second kappa shape index (κ2) is 5.74. The Bertz CT molecular complexity index is 374. The number of nitrogens with zero attached hydrogens (tertiary/aromatic N) is 1. The van der Waals surface area contributed by atoms with Gasteiger partial charge in [0.05, 0.1) is 11.8 Å². The predicted molar refractivity (Wildman–Crippen MR) is 68.2 cm³/mol. The van der Waals surface area contributed by atoms with E-state index in [-0.39, 0.29) is 5.91 Å². The normalized spacial score (nSPS) is 28.7. The van der Waals surface area contributed by atoms with Crippen LogP contribution in [-0.4, -0.2) is 35.0 Å². The van der Waals surface area contributed by atoms with Crippen molar-refractivity contribution >= 4 is 23.5 Å². The highest BCUT2D eigenvalue weighted by molar-refractivity contribution is 6.29. The van der Waals surface area contributed by atoms with E-state index >= 15 is 0 Å². The number of carbonyl (C=O) groups is 2. The summed E-state index contributed by atoms with van der Waals surface area (Å²) in [4.78, 5) is 25.4. The molecule has 0 aromatic carbocycles. The largest absolute Gasteiger partial charge is 0.481 e. The summed E-state index contributed by atoms with van der Waals surface area (Å²) < 4.78 is 0. The summed E-state index contributed by atoms with van der Waals surface area (Å²) in [6, 6.07) is 0. The van der Waals surface area contributed by atoms with Crippen molar-refractivity contribution in [2.75, 3.05) is 13.1 Å². The Morgan fingerprint density at radius 2 is 1.89 bits per heavy atom. The van der Waals surface area contributed by atoms with E-state index in [9.17, 15) is 14.7 Å². The van der Waals surface area contributed by atoms with E-state index in [1.54, 1.807) is 11.0 Å². The Kier molecular flexibility index (Phi) is 4.27. The fraction of sp³-hybridized carbons (Fsp3) is 0.692. The van der Waals surface area contributed by atoms with Gasteiger partial charge in [-0.15, -0.1) is 0 Å². The van der Waals surface area contributed by atoms with Gasteiger partial charge in [0, 0.05) is 18.1 Å². The topological polar surface area (TPSA) is 57.6 Å². The Hall–Kier alpha value is -1.03. The number of aliphatic carboxylic acids is 1. The Morgan fingerprint density at radius 1 is 1.22 bits per heavy atom. The first-order valence-electron chi connectivity index (χ1n) is 6.45. The van der Waals surface area contributed by atoms with Crippen LogP contribution in [0.15, 0.2) is 11.1 Å². The van der Waals surface area contributed by atoms with Gasteiger partial charge < -0.3 is 10.0 Å². The lowest BCUT2D eigenvalue weighted by Crippen LogP contribution is -2.44. The van der Waals surface area contributed by atoms with Crippen molar-refractivity contribution in [2.45, 2.75) is 32.1 Å². The van der Waals surface area contributed by atoms with Crippen LogP contribution in [0.4, 0.5) is 0 Å². The van der Waals surface area contributed by atoms with Gasteiger partial charge in [-0.25, -0.2) is 0 Å². The molecule has 100 valence electrons. The maximum Gasteiger partial charge on any atom is 0.307 e. The molecule has 4 nitrogen and oxygen atoms in total. The number of carbonyl (C=O) groups excluding carboxylic acids is 1. The van der Waals surface area contributed by atoms with Gasteiger partial charge in [-0.05, 0) is 32.1 Å². The van der Waals surface area contributed by atoms with Crippen LogP contribution in [0.5, 0.6) is 0 Å². The zero-order valence-corrected chi connectivity index (χ0v) is 11.0. The van der Waals surface area contributed by atoms with Gasteiger partial charge >= 0.3 is 5.97 Å². The summed E-state index contributed by atoms with van der Waals surface area (Å²) in [5.74, 6) is -2.04. The van der Waals surface area contributed by atoms with Crippen LogP contribution >= 0.6 is 11.6 Å². The molecule has 0 aromatic rings. The van der Waals surface area contributed by atoms with Crippen molar-refractivity contribution in [1.82, 2.24) is 4.90 Å². The first kappa shape index (κ1) is 13.4. The van der Waals surface area contributed by atoms with Gasteiger partial charge in [-0.2, -0.15) is 0 Å². The van der Waals surface area contributed by atoms with Gasteiger partial charge in [0.1, 0.15) is 0 Å². The van der Waals surface area contributed by atoms with E-state index < -0.39 is 17.8 Å². The predicted octanol–water partition coefficient (Wildman–Crippen LogP) is 2.23. The Morgan fingerprint density at radius 3 is 2.50 bits per heavy atom. The van der Waals surface area contributed by atoms with Crippen LogP contribution in [0, 0.1) is 11.8 Å². The molecule has 0 unspecified atom stereocenters. The first-order valence-corrected chi connectivity index (χ1v) is 6.83. The highest BCUT2D eigenvalue weighted by atomic mass is 35.5. The van der Waals surface area contributed by atoms with Crippen molar-refractivity contribution in [3.8, 4) is 0 Å². The lowest BCUT2D eigenvalue weighted by molar-refractivity contribution is -0.151. The number of likely N-dealkylation sites (tertiary alicyclic amines) is 1. The molecule has 1 heterocycles. The van der Waals surface area contributed by atoms with Crippen molar-refractivity contribution in [1.29, 1.82) is 0 Å². The molecule has 2 rings (SSSR count). The number of allylic oxidation sites excluding steroid dienone is 2. The molecule has 1 saturated heterocycles. The lowest BCUT2D eigenvalue weighted by atomic mass is 9.81. The number of piperidine rings is 1. The van der Waals surface area contributed by atoms with E-state index in [0.29, 0.717) is 17.9 Å². The number of rotatable bonds is 2. The van der Waals surface area contributed by atoms with Gasteiger partial charge in [0.15, 0.2) is 0 Å². The fourth-order valence-corrected chi connectivity index (χ4v) is 2.99. The molecule has 0 saturated carbocycles. The molecular formula is C13H18ClNO3. The summed E-state index contributed by atoms with van der Waals surface area (Å²) in [5.41, 5.74) is 0. The number of halogens is 1. The summed E-state index contributed by atoms with van der Waals surface area (Å²) in [6.07, 6.45) is 5.63. The van der Waals surface area contributed by atoms with Crippen molar-refractivity contribution in [3.05, 3.63) is 11.1 Å². The van der Waals surface area contributed by atoms with Crippen molar-refractivity contribution in [2.24, 2.45) is 11.8 Å². The summed E-state index contributed by atoms with van der Waals surface area (Å²) in [6.45, 7) is 1.51. The molecule has 0 spiro atoms. The summed E-state index contributed by atoms with van der Waals surface area (Å²) >= 11 is 5.96. The van der Waals surface area contributed by atoms with E-state index in [1.165, 1.54) is 0 Å². The Labute approximate surface area is 112 Å². The number of hydrogen-bond donors (Lipinski definition) is 1. The second-order valence-corrected chi connectivity index (χ2v) is 5.51. The third kappa shape index (κ3) is 2.86. The molecule has 2 atom stereocenters. The number of hydrogen-bond acceptors (Lipinski definition) is 2. The summed E-state index contributed by atoms with van der Waals surface area (Å²) in [5, 5.41) is 9.81. The smallest absolute Gasteiger partial charge is 0.307 e. The van der Waals surface area contributed by atoms with Crippen LogP contribution in [0.1, 0.15) is 32.1 Å². The van der Waals surface area contributed by atoms with E-state index in [4.69, 9.17) is 11.6 Å². The van der Waals surface area contributed by atoms with Gasteiger partial charge in [0.2, 0.25) is 5.91 Å². The zero-order valence-electron chi connectivity index (χ0n) is 10.3. The number of carboxylic acids is 1. The third-order valence-electron chi connectivity index (χ3n) is 3.80. The van der Waals surface area contributed by atoms with Crippen LogP contribution in [0.25, 0.3) is 0 Å². The van der Waals surface area contributed by atoms with Crippen molar-refractivity contribution in [3.63, 3.8) is 0 Å². The minimum Gasteiger partial charge on any atom is -0.481 e. The molecule has 5 heteroatoms. The van der Waals surface area contributed by atoms with Crippen LogP contribution in [-0.2, 0) is 9.59 Å². The molecule has 1 aliphatic carbocycles. The Balaban J connectivity index is 2.10. The molecule has 18 heavy (non-hydrogen) atoms. The quantitative estimate of drug-likeness (QED) is 0.838. The van der Waals surface area contributed by atoms with Crippen LogP contribution in [0.2, 0.25) is 0 Å². The molecule has 1 amide bonds. The highest BCUT2D eigenvalue weighted by Gasteiger charge is 2.38. The minimum atomic E-state index is -0.897. The number of amides is 1. The lowest BCUT2D eigenvalue weighted by Gasteiger charge is -2.33. The monoisotopic (exact) mass is 271 g/mol. The standard InChI is InChI=1S/C13H18ClNO3/c14-9-4-5-10(13(17)18)11(8-9)12(16)15-6-2-1-3-7-15/h4,10-11H,1-3,5-8H2,(H,17,18)/t10-,11-/m1/s1. The first-order chi connectivity index (χ1) is 8.59. The molecule has 1 fully saturated rings. The zero-order chi connectivity index (χ0) is 13.1. The maximum absolute atomic E-state index is 12.4. The maximum atomic E-state index is 12.4. The summed E-state index contributed by atoms with van der Waals surface area (Å²) in [7, 11) is 0. The number of carboxylic acid groups (broad SMARTS) is 1. The second-order valence-electron chi connectivity index (χ2n) is 5.03. The average molecular weight is 272 g/mol. The van der Waals surface area contributed by atoms with Crippen LogP contribution in [0.3, 0.4) is 0 Å². The molecule has 0 aromatic heterocycles. The van der Waals surface area contributed by atoms with E-state index in [2.05, 4.69) is 0 Å². The average Bonchev–Trinajstić information content (AvgIpc) is 2.38. The van der Waals surface area contributed by atoms with E-state index in [1.807, 2.05) is 0 Å². The third-order valence-corrected chi connectivity index (χ3v) is 4.10. The van der Waals surface area contributed by atoms with Gasteiger partial charge in [-0.1, -0.05) is 17.7 Å². The van der Waals surface area contributed by atoms with Gasteiger partial charge in [-0.3, -0.25) is 9.59 Å². The van der Waals surface area contributed by atoms with Gasteiger partial charge in [0.25, 0.3) is 0 Å². The highest BCUT2D eigenvalue weighted by Crippen LogP contribution is 2.33. The molecule has 1 aliphatic heterocycles. The SMILES string of the molecule is O=C(O)[C@@H]1CC=C(Cl)C[C@H]1C(=O)N1CCCCC1. The minimum absolute atomic E-state index is 0.0339. The molecule has 0 radical (unpaired) electrons. The molecule has 0 bridgehead atoms. The molecule has 2 aliphatic rings.